The van der Waals surface area contributed by atoms with Crippen LogP contribution in [0.4, 0.5) is 0 Å². The van der Waals surface area contributed by atoms with Crippen molar-refractivity contribution >= 4 is 17.1 Å². The highest BCUT2D eigenvalue weighted by molar-refractivity contribution is 6.32. The van der Waals surface area contributed by atoms with E-state index in [1.807, 2.05) is 6.07 Å². The van der Waals surface area contributed by atoms with Gasteiger partial charge in [-0.1, -0.05) is 31.5 Å². The number of aromatic hydroxyl groups is 1. The van der Waals surface area contributed by atoms with Gasteiger partial charge in [0, 0.05) is 6.42 Å². The zero-order chi connectivity index (χ0) is 11.0. The normalized spacial score (nSPS) is 11.5. The molecule has 0 bridgehead atoms. The van der Waals surface area contributed by atoms with Crippen LogP contribution in [0.1, 0.15) is 19.7 Å². The average Bonchev–Trinajstić information content (AvgIpc) is 2.44. The van der Waals surface area contributed by atoms with Crippen LogP contribution in [-0.4, -0.2) is 14.5 Å². The predicted molar refractivity (Wildman–Crippen MR) is 60.4 cm³/mol. The van der Waals surface area contributed by atoms with Gasteiger partial charge in [0.25, 0.3) is 0 Å². The third kappa shape index (κ3) is 1.79. The number of halogens is 1. The van der Waals surface area contributed by atoms with E-state index >= 15 is 0 Å². The molecule has 3 nitrogen and oxygen atoms in total. The number of nitrogens with zero attached hydrogens (tertiary/aromatic N) is 2. The summed E-state index contributed by atoms with van der Waals surface area (Å²) in [7, 11) is 0. The fourth-order valence-corrected chi connectivity index (χ4v) is 1.90. The number of hydrogen-bond acceptors (Lipinski definition) is 2. The Morgan fingerprint density at radius 1 is 1.47 bits per heavy atom. The summed E-state index contributed by atoms with van der Waals surface area (Å²) in [5, 5.41) is 10.2. The lowest BCUT2D eigenvalue weighted by atomic mass is 10.1. The van der Waals surface area contributed by atoms with Gasteiger partial charge in [0.05, 0.1) is 5.52 Å². The molecule has 0 radical (unpaired) electrons. The van der Waals surface area contributed by atoms with Crippen molar-refractivity contribution in [1.82, 2.24) is 9.38 Å². The van der Waals surface area contributed by atoms with E-state index in [1.54, 1.807) is 16.5 Å². The van der Waals surface area contributed by atoms with E-state index in [1.165, 1.54) is 0 Å². The minimum Gasteiger partial charge on any atom is -0.494 e. The van der Waals surface area contributed by atoms with Crippen LogP contribution in [0.15, 0.2) is 18.2 Å². The molecule has 0 aliphatic heterocycles. The Morgan fingerprint density at radius 2 is 2.20 bits per heavy atom. The third-order valence-electron chi connectivity index (χ3n) is 2.26. The van der Waals surface area contributed by atoms with Crippen LogP contribution in [0.3, 0.4) is 0 Å². The SMILES string of the molecule is CC(C)Cc1nc(Cl)c2cccc(O)n12. The van der Waals surface area contributed by atoms with E-state index in [4.69, 9.17) is 11.6 Å². The number of aromatic nitrogens is 2. The number of imidazole rings is 1. The maximum Gasteiger partial charge on any atom is 0.197 e. The lowest BCUT2D eigenvalue weighted by molar-refractivity contribution is 0.440. The molecule has 0 spiro atoms. The first-order valence-electron chi connectivity index (χ1n) is 4.94. The highest BCUT2D eigenvalue weighted by Gasteiger charge is 2.12. The summed E-state index contributed by atoms with van der Waals surface area (Å²) in [5.74, 6) is 1.47. The van der Waals surface area contributed by atoms with Gasteiger partial charge in [0.2, 0.25) is 0 Å². The van der Waals surface area contributed by atoms with Crippen molar-refractivity contribution < 1.29 is 5.11 Å². The van der Waals surface area contributed by atoms with Gasteiger partial charge in [0.1, 0.15) is 5.82 Å². The Morgan fingerprint density at radius 3 is 2.87 bits per heavy atom. The highest BCUT2D eigenvalue weighted by atomic mass is 35.5. The molecule has 0 saturated carbocycles. The minimum absolute atomic E-state index is 0.183. The van der Waals surface area contributed by atoms with Crippen LogP contribution in [0, 0.1) is 5.92 Å². The van der Waals surface area contributed by atoms with Crippen LogP contribution in [0.25, 0.3) is 5.52 Å². The third-order valence-corrected chi connectivity index (χ3v) is 2.54. The molecule has 2 aromatic rings. The fraction of sp³-hybridized carbons (Fsp3) is 0.364. The van der Waals surface area contributed by atoms with Crippen LogP contribution < -0.4 is 0 Å². The van der Waals surface area contributed by atoms with Crippen molar-refractivity contribution in [2.24, 2.45) is 5.92 Å². The maximum absolute atomic E-state index is 9.74. The molecular weight excluding hydrogens is 212 g/mol. The summed E-state index contributed by atoms with van der Waals surface area (Å²) in [4.78, 5) is 4.26. The molecular formula is C11H13ClN2O. The summed E-state index contributed by atoms with van der Waals surface area (Å²) in [6.07, 6.45) is 0.797. The smallest absolute Gasteiger partial charge is 0.197 e. The minimum atomic E-state index is 0.183. The first-order valence-corrected chi connectivity index (χ1v) is 5.32. The number of fused-ring (bicyclic) bond motifs is 1. The van der Waals surface area contributed by atoms with Gasteiger partial charge < -0.3 is 5.11 Å². The molecule has 0 aliphatic rings. The second-order valence-corrected chi connectivity index (χ2v) is 4.38. The maximum atomic E-state index is 9.74. The standard InChI is InChI=1S/C11H13ClN2O/c1-7(2)6-9-13-11(12)8-4-3-5-10(15)14(8)9/h3-5,7,15H,6H2,1-2H3. The van der Waals surface area contributed by atoms with Crippen LogP contribution in [0.2, 0.25) is 5.15 Å². The second kappa shape index (κ2) is 3.74. The largest absolute Gasteiger partial charge is 0.494 e. The monoisotopic (exact) mass is 224 g/mol. The summed E-state index contributed by atoms with van der Waals surface area (Å²) in [6.45, 7) is 4.21. The van der Waals surface area contributed by atoms with E-state index in [-0.39, 0.29) is 5.88 Å². The zero-order valence-corrected chi connectivity index (χ0v) is 9.49. The molecule has 1 N–H and O–H groups in total. The van der Waals surface area contributed by atoms with Crippen LogP contribution in [-0.2, 0) is 6.42 Å². The number of pyridine rings is 1. The summed E-state index contributed by atoms with van der Waals surface area (Å²) < 4.78 is 1.70. The summed E-state index contributed by atoms with van der Waals surface area (Å²) in [5.41, 5.74) is 0.757. The van der Waals surface area contributed by atoms with Gasteiger partial charge in [-0.05, 0) is 18.1 Å². The van der Waals surface area contributed by atoms with E-state index in [9.17, 15) is 5.11 Å². The lowest BCUT2D eigenvalue weighted by Crippen LogP contribution is -2.00. The van der Waals surface area contributed by atoms with E-state index in [2.05, 4.69) is 18.8 Å². The predicted octanol–water partition coefficient (Wildman–Crippen LogP) is 2.89. The molecule has 0 amide bonds. The van der Waals surface area contributed by atoms with Crippen molar-refractivity contribution in [1.29, 1.82) is 0 Å². The Balaban J connectivity index is 2.65. The van der Waals surface area contributed by atoms with Gasteiger partial charge in [-0.3, -0.25) is 4.40 Å². The molecule has 0 atom stereocenters. The lowest BCUT2D eigenvalue weighted by Gasteiger charge is -2.05. The molecule has 0 unspecified atom stereocenters. The molecule has 4 heteroatoms. The first-order chi connectivity index (χ1) is 7.09. The Kier molecular flexibility index (Phi) is 2.57. The van der Waals surface area contributed by atoms with E-state index in [0.717, 1.165) is 17.8 Å². The van der Waals surface area contributed by atoms with Crippen molar-refractivity contribution in [3.05, 3.63) is 29.2 Å². The van der Waals surface area contributed by atoms with Crippen molar-refractivity contribution in [2.45, 2.75) is 20.3 Å². The zero-order valence-electron chi connectivity index (χ0n) is 8.74. The molecule has 2 aromatic heterocycles. The van der Waals surface area contributed by atoms with E-state index < -0.39 is 0 Å². The van der Waals surface area contributed by atoms with Crippen molar-refractivity contribution in [3.8, 4) is 5.88 Å². The Bertz CT molecular complexity index is 491. The quantitative estimate of drug-likeness (QED) is 0.852. The van der Waals surface area contributed by atoms with Crippen LogP contribution in [0.5, 0.6) is 5.88 Å². The molecule has 2 heterocycles. The molecule has 0 aromatic carbocycles. The van der Waals surface area contributed by atoms with E-state index in [0.29, 0.717) is 11.1 Å². The average molecular weight is 225 g/mol. The number of hydrogen-bond donors (Lipinski definition) is 1. The Labute approximate surface area is 93.3 Å². The summed E-state index contributed by atoms with van der Waals surface area (Å²) >= 11 is 5.99. The number of rotatable bonds is 2. The molecule has 0 saturated heterocycles. The van der Waals surface area contributed by atoms with Crippen molar-refractivity contribution in [2.75, 3.05) is 0 Å². The van der Waals surface area contributed by atoms with Gasteiger partial charge in [-0.25, -0.2) is 4.98 Å². The molecule has 0 aliphatic carbocycles. The molecule has 80 valence electrons. The topological polar surface area (TPSA) is 37.5 Å². The fourth-order valence-electron chi connectivity index (χ4n) is 1.65. The van der Waals surface area contributed by atoms with Crippen molar-refractivity contribution in [3.63, 3.8) is 0 Å². The van der Waals surface area contributed by atoms with Gasteiger partial charge in [-0.2, -0.15) is 0 Å². The van der Waals surface area contributed by atoms with Gasteiger partial charge in [-0.15, -0.1) is 0 Å². The van der Waals surface area contributed by atoms with Gasteiger partial charge in [0.15, 0.2) is 11.0 Å². The molecule has 2 rings (SSSR count). The first kappa shape index (κ1) is 10.3. The Hall–Kier alpha value is -1.22. The van der Waals surface area contributed by atoms with Gasteiger partial charge >= 0.3 is 0 Å². The summed E-state index contributed by atoms with van der Waals surface area (Å²) in [6, 6.07) is 5.24. The van der Waals surface area contributed by atoms with Crippen LogP contribution >= 0.6 is 11.6 Å². The highest BCUT2D eigenvalue weighted by Crippen LogP contribution is 2.24. The second-order valence-electron chi connectivity index (χ2n) is 4.02. The molecule has 15 heavy (non-hydrogen) atoms. The molecule has 0 fully saturated rings.